The van der Waals surface area contributed by atoms with Crippen LogP contribution in [0, 0.1) is 34.5 Å². The highest BCUT2D eigenvalue weighted by Crippen LogP contribution is 2.66. The van der Waals surface area contributed by atoms with E-state index in [4.69, 9.17) is 0 Å². The molecular formula is C25H34O. The van der Waals surface area contributed by atoms with Crippen LogP contribution in [0.2, 0.25) is 0 Å². The maximum absolute atomic E-state index is 10.6. The summed E-state index contributed by atoms with van der Waals surface area (Å²) in [6.07, 6.45) is 12.8. The lowest BCUT2D eigenvalue weighted by Crippen LogP contribution is -2.53. The average Bonchev–Trinajstić information content (AvgIpc) is 2.97. The molecule has 4 aliphatic rings. The third-order valence-corrected chi connectivity index (χ3v) is 9.41. The number of hydrogen-bond acceptors (Lipinski definition) is 1. The summed E-state index contributed by atoms with van der Waals surface area (Å²) < 4.78 is 0. The standard InChI is InChI=1S/C25H34O/c1-24-14-12-18(17-6-4-3-5-7-17)16-19(24)8-9-20-21-10-11-23(26)25(21,2)15-13-22(20)24/h3-7,12,19-23,26H,8-11,13-16H2,1-2H3/t19-,20-,21-,22+,23-,24-,25-/m0/s1. The van der Waals surface area contributed by atoms with Gasteiger partial charge in [0.1, 0.15) is 0 Å². The fourth-order valence-electron chi connectivity index (χ4n) is 7.74. The van der Waals surface area contributed by atoms with Gasteiger partial charge in [-0.1, -0.05) is 50.3 Å². The Morgan fingerprint density at radius 1 is 0.885 bits per heavy atom. The number of hydrogen-bond donors (Lipinski definition) is 1. The number of aliphatic hydroxyl groups excluding tert-OH is 1. The van der Waals surface area contributed by atoms with Gasteiger partial charge >= 0.3 is 0 Å². The van der Waals surface area contributed by atoms with Crippen LogP contribution in [0.3, 0.4) is 0 Å². The number of allylic oxidation sites excluding steroid dienone is 2. The minimum atomic E-state index is -0.0464. The Bertz CT molecular complexity index is 706. The largest absolute Gasteiger partial charge is 0.393 e. The molecule has 26 heavy (non-hydrogen) atoms. The van der Waals surface area contributed by atoms with Gasteiger partial charge in [0, 0.05) is 0 Å². The van der Waals surface area contributed by atoms with E-state index in [0.717, 1.165) is 30.1 Å². The molecule has 0 heterocycles. The SMILES string of the molecule is C[C@]12CC=C(c3ccccc3)C[C@@H]1CC[C@@H]1[C@H]2CC[C@]2(C)[C@@H](O)CC[C@@H]12. The van der Waals surface area contributed by atoms with Crippen molar-refractivity contribution in [3.63, 3.8) is 0 Å². The van der Waals surface area contributed by atoms with Gasteiger partial charge in [0.25, 0.3) is 0 Å². The van der Waals surface area contributed by atoms with E-state index >= 15 is 0 Å². The van der Waals surface area contributed by atoms with Gasteiger partial charge in [0.05, 0.1) is 6.10 Å². The summed E-state index contributed by atoms with van der Waals surface area (Å²) in [5.74, 6) is 3.35. The summed E-state index contributed by atoms with van der Waals surface area (Å²) in [5.41, 5.74) is 3.72. The van der Waals surface area contributed by atoms with Crippen molar-refractivity contribution in [1.29, 1.82) is 0 Å². The van der Waals surface area contributed by atoms with E-state index in [0.29, 0.717) is 5.41 Å². The fourth-order valence-corrected chi connectivity index (χ4v) is 7.74. The summed E-state index contributed by atoms with van der Waals surface area (Å²) in [5, 5.41) is 10.6. The molecular weight excluding hydrogens is 316 g/mol. The van der Waals surface area contributed by atoms with Gasteiger partial charge in [-0.2, -0.15) is 0 Å². The van der Waals surface area contributed by atoms with Gasteiger partial charge in [-0.25, -0.2) is 0 Å². The van der Waals surface area contributed by atoms with Gasteiger partial charge in [-0.3, -0.25) is 0 Å². The summed E-state index contributed by atoms with van der Waals surface area (Å²) in [7, 11) is 0. The average molecular weight is 351 g/mol. The zero-order valence-corrected chi connectivity index (χ0v) is 16.5. The normalized spacial score (nSPS) is 47.5. The van der Waals surface area contributed by atoms with Crippen molar-refractivity contribution in [2.45, 2.75) is 71.3 Å². The lowest BCUT2D eigenvalue weighted by molar-refractivity contribution is -0.108. The lowest BCUT2D eigenvalue weighted by Gasteiger charge is -2.59. The van der Waals surface area contributed by atoms with E-state index in [1.165, 1.54) is 50.5 Å². The first kappa shape index (κ1) is 17.0. The Morgan fingerprint density at radius 3 is 2.46 bits per heavy atom. The van der Waals surface area contributed by atoms with Gasteiger partial charge in [-0.05, 0) is 97.0 Å². The Balaban J connectivity index is 1.43. The summed E-state index contributed by atoms with van der Waals surface area (Å²) in [4.78, 5) is 0. The zero-order chi connectivity index (χ0) is 17.9. The summed E-state index contributed by atoms with van der Waals surface area (Å²) in [6.45, 7) is 5.01. The molecule has 0 aromatic heterocycles. The molecule has 3 fully saturated rings. The van der Waals surface area contributed by atoms with Crippen LogP contribution in [0.25, 0.3) is 5.57 Å². The topological polar surface area (TPSA) is 20.2 Å². The second-order valence-corrected chi connectivity index (χ2v) is 10.3. The lowest BCUT2D eigenvalue weighted by atomic mass is 9.45. The molecule has 1 aromatic rings. The highest BCUT2D eigenvalue weighted by Gasteiger charge is 2.59. The van der Waals surface area contributed by atoms with Crippen molar-refractivity contribution in [3.05, 3.63) is 42.0 Å². The van der Waals surface area contributed by atoms with E-state index < -0.39 is 0 Å². The Hall–Kier alpha value is -1.08. The van der Waals surface area contributed by atoms with Crippen LogP contribution in [-0.4, -0.2) is 11.2 Å². The molecule has 0 spiro atoms. The number of aliphatic hydroxyl groups is 1. The van der Waals surface area contributed by atoms with Crippen LogP contribution in [-0.2, 0) is 0 Å². The molecule has 5 rings (SSSR count). The van der Waals surface area contributed by atoms with Crippen LogP contribution in [0.15, 0.2) is 36.4 Å². The van der Waals surface area contributed by atoms with Crippen molar-refractivity contribution in [3.8, 4) is 0 Å². The van der Waals surface area contributed by atoms with Gasteiger partial charge in [0.15, 0.2) is 0 Å². The first-order chi connectivity index (χ1) is 12.5. The first-order valence-corrected chi connectivity index (χ1v) is 10.9. The van der Waals surface area contributed by atoms with Crippen molar-refractivity contribution < 1.29 is 5.11 Å². The van der Waals surface area contributed by atoms with Gasteiger partial charge in [0.2, 0.25) is 0 Å². The van der Waals surface area contributed by atoms with Crippen LogP contribution >= 0.6 is 0 Å². The molecule has 140 valence electrons. The van der Waals surface area contributed by atoms with E-state index in [2.05, 4.69) is 50.3 Å². The Labute approximate surface area is 158 Å². The molecule has 4 aliphatic carbocycles. The predicted molar refractivity (Wildman–Crippen MR) is 108 cm³/mol. The van der Waals surface area contributed by atoms with Gasteiger partial charge < -0.3 is 5.11 Å². The predicted octanol–water partition coefficient (Wildman–Crippen LogP) is 6.08. The third kappa shape index (κ3) is 2.32. The quantitative estimate of drug-likeness (QED) is 0.650. The first-order valence-electron chi connectivity index (χ1n) is 10.9. The maximum Gasteiger partial charge on any atom is 0.0596 e. The smallest absolute Gasteiger partial charge is 0.0596 e. The molecule has 1 N–H and O–H groups in total. The summed E-state index contributed by atoms with van der Waals surface area (Å²) >= 11 is 0. The van der Waals surface area contributed by atoms with E-state index in [1.54, 1.807) is 5.57 Å². The highest BCUT2D eigenvalue weighted by molar-refractivity contribution is 5.66. The second-order valence-electron chi connectivity index (χ2n) is 10.3. The van der Waals surface area contributed by atoms with Crippen LogP contribution in [0.5, 0.6) is 0 Å². The van der Waals surface area contributed by atoms with E-state index in [9.17, 15) is 5.11 Å². The highest BCUT2D eigenvalue weighted by atomic mass is 16.3. The minimum absolute atomic E-state index is 0.0464. The molecule has 0 bridgehead atoms. The number of fused-ring (bicyclic) bond motifs is 5. The van der Waals surface area contributed by atoms with E-state index in [1.807, 2.05) is 0 Å². The monoisotopic (exact) mass is 350 g/mol. The molecule has 1 nitrogen and oxygen atoms in total. The van der Waals surface area contributed by atoms with E-state index in [-0.39, 0.29) is 11.5 Å². The van der Waals surface area contributed by atoms with Crippen LogP contribution in [0.1, 0.15) is 70.8 Å². The molecule has 3 saturated carbocycles. The molecule has 0 unspecified atom stereocenters. The molecule has 0 amide bonds. The maximum atomic E-state index is 10.6. The molecule has 1 aromatic carbocycles. The van der Waals surface area contributed by atoms with Crippen molar-refractivity contribution >= 4 is 5.57 Å². The number of rotatable bonds is 1. The second kappa shape index (κ2) is 5.96. The van der Waals surface area contributed by atoms with Crippen molar-refractivity contribution in [1.82, 2.24) is 0 Å². The molecule has 0 saturated heterocycles. The minimum Gasteiger partial charge on any atom is -0.393 e. The number of benzene rings is 1. The van der Waals surface area contributed by atoms with Crippen LogP contribution < -0.4 is 0 Å². The molecule has 0 radical (unpaired) electrons. The third-order valence-electron chi connectivity index (χ3n) is 9.41. The van der Waals surface area contributed by atoms with Crippen LogP contribution in [0.4, 0.5) is 0 Å². The molecule has 7 atom stereocenters. The fraction of sp³-hybridized carbons (Fsp3) is 0.680. The van der Waals surface area contributed by atoms with Crippen molar-refractivity contribution in [2.75, 3.05) is 0 Å². The summed E-state index contributed by atoms with van der Waals surface area (Å²) in [6, 6.07) is 11.0. The Morgan fingerprint density at radius 2 is 1.65 bits per heavy atom. The van der Waals surface area contributed by atoms with Gasteiger partial charge in [-0.15, -0.1) is 0 Å². The Kier molecular flexibility index (Phi) is 3.91. The molecule has 0 aliphatic heterocycles. The van der Waals surface area contributed by atoms with Crippen molar-refractivity contribution in [2.24, 2.45) is 34.5 Å². The molecule has 1 heteroatoms. The zero-order valence-electron chi connectivity index (χ0n) is 16.5.